The van der Waals surface area contributed by atoms with E-state index in [0.717, 1.165) is 39.3 Å². The summed E-state index contributed by atoms with van der Waals surface area (Å²) in [6, 6.07) is 1.40. The van der Waals surface area contributed by atoms with Gasteiger partial charge < -0.3 is 4.74 Å². The Morgan fingerprint density at radius 2 is 1.64 bits per heavy atom. The predicted octanol–water partition coefficient (Wildman–Crippen LogP) is 0.988. The lowest BCUT2D eigenvalue weighted by Crippen LogP contribution is -2.51. The molecule has 0 unspecified atom stereocenters. The van der Waals surface area contributed by atoms with E-state index in [1.165, 1.54) is 20.0 Å². The van der Waals surface area contributed by atoms with Crippen molar-refractivity contribution in [1.82, 2.24) is 14.7 Å². The van der Waals surface area contributed by atoms with Crippen molar-refractivity contribution in [2.24, 2.45) is 0 Å². The number of ether oxygens (including phenoxy) is 1. The van der Waals surface area contributed by atoms with Gasteiger partial charge in [-0.1, -0.05) is 0 Å². The van der Waals surface area contributed by atoms with Crippen molar-refractivity contribution >= 4 is 5.97 Å². The second-order valence-electron chi connectivity index (χ2n) is 6.65. The summed E-state index contributed by atoms with van der Waals surface area (Å²) in [5.74, 6) is -0.764. The van der Waals surface area contributed by atoms with Crippen LogP contribution in [0.4, 0.5) is 4.39 Å². The van der Waals surface area contributed by atoms with Crippen molar-refractivity contribution in [1.29, 1.82) is 0 Å². The molecule has 2 aliphatic heterocycles. The fraction of sp³-hybridized carbons (Fsp3) is 0.938. The highest BCUT2D eigenvalue weighted by atomic mass is 19.1. The van der Waals surface area contributed by atoms with Gasteiger partial charge >= 0.3 is 5.97 Å². The molecule has 22 heavy (non-hydrogen) atoms. The lowest BCUT2D eigenvalue weighted by atomic mass is 10.2. The Morgan fingerprint density at radius 1 is 1.09 bits per heavy atom. The number of methoxy groups -OCH3 is 1. The molecule has 0 saturated carbocycles. The summed E-state index contributed by atoms with van der Waals surface area (Å²) in [6.07, 6.45) is 1.09. The Labute approximate surface area is 133 Å². The molecule has 6 heteroatoms. The van der Waals surface area contributed by atoms with E-state index in [4.69, 9.17) is 0 Å². The number of hydrogen-bond acceptors (Lipinski definition) is 5. The van der Waals surface area contributed by atoms with E-state index >= 15 is 0 Å². The van der Waals surface area contributed by atoms with E-state index in [0.29, 0.717) is 12.1 Å². The van der Waals surface area contributed by atoms with Gasteiger partial charge in [0.05, 0.1) is 7.11 Å². The molecule has 0 spiro atoms. The van der Waals surface area contributed by atoms with Crippen LogP contribution in [0.3, 0.4) is 0 Å². The highest BCUT2D eigenvalue weighted by molar-refractivity contribution is 5.74. The number of esters is 1. The third-order valence-electron chi connectivity index (χ3n) is 5.15. The molecule has 0 amide bonds. The van der Waals surface area contributed by atoms with E-state index in [1.54, 1.807) is 0 Å². The predicted molar refractivity (Wildman–Crippen MR) is 84.7 cm³/mol. The quantitative estimate of drug-likeness (QED) is 0.683. The third-order valence-corrected chi connectivity index (χ3v) is 5.15. The van der Waals surface area contributed by atoms with Gasteiger partial charge in [-0.15, -0.1) is 0 Å². The summed E-state index contributed by atoms with van der Waals surface area (Å²) in [5, 5.41) is 0. The average Bonchev–Trinajstić information content (AvgIpc) is 2.84. The van der Waals surface area contributed by atoms with Gasteiger partial charge in [0.1, 0.15) is 0 Å². The third kappa shape index (κ3) is 4.64. The zero-order valence-electron chi connectivity index (χ0n) is 14.1. The number of halogens is 1. The minimum absolute atomic E-state index is 0.153. The largest absolute Gasteiger partial charge is 0.467 e. The van der Waals surface area contributed by atoms with Crippen molar-refractivity contribution in [3.8, 4) is 0 Å². The fourth-order valence-electron chi connectivity index (χ4n) is 3.57. The maximum absolute atomic E-state index is 13.6. The molecule has 2 aliphatic rings. The van der Waals surface area contributed by atoms with Crippen molar-refractivity contribution in [3.05, 3.63) is 0 Å². The molecule has 2 rings (SSSR count). The van der Waals surface area contributed by atoms with Crippen LogP contribution in [0.1, 0.15) is 26.7 Å². The normalized spacial score (nSPS) is 29.6. The molecule has 0 N–H and O–H groups in total. The smallest absolute Gasteiger partial charge is 0.341 e. The van der Waals surface area contributed by atoms with Gasteiger partial charge in [-0.3, -0.25) is 14.7 Å². The summed E-state index contributed by atoms with van der Waals surface area (Å²) in [6.45, 7) is 10.5. The van der Waals surface area contributed by atoms with Gasteiger partial charge in [0, 0.05) is 57.9 Å². The van der Waals surface area contributed by atoms with Gasteiger partial charge in [-0.05, 0) is 26.7 Å². The molecule has 0 aromatic heterocycles. The van der Waals surface area contributed by atoms with E-state index in [1.807, 2.05) is 4.90 Å². The molecule has 0 bridgehead atoms. The van der Waals surface area contributed by atoms with Crippen LogP contribution >= 0.6 is 0 Å². The Morgan fingerprint density at radius 3 is 2.18 bits per heavy atom. The zero-order valence-corrected chi connectivity index (χ0v) is 14.1. The lowest BCUT2D eigenvalue weighted by molar-refractivity contribution is -0.147. The number of carbonyl (C=O) groups excluding carboxylic acids is 1. The first kappa shape index (κ1) is 17.6. The monoisotopic (exact) mass is 315 g/mol. The van der Waals surface area contributed by atoms with E-state index in [-0.39, 0.29) is 6.54 Å². The van der Waals surface area contributed by atoms with Crippen LogP contribution in [-0.4, -0.2) is 91.8 Å². The first-order chi connectivity index (χ1) is 10.5. The molecule has 0 aromatic rings. The van der Waals surface area contributed by atoms with E-state index in [2.05, 4.69) is 28.4 Å². The summed E-state index contributed by atoms with van der Waals surface area (Å²) in [4.78, 5) is 18.2. The van der Waals surface area contributed by atoms with Gasteiger partial charge in [0.2, 0.25) is 6.17 Å². The van der Waals surface area contributed by atoms with E-state index < -0.39 is 12.1 Å². The first-order valence-electron chi connectivity index (χ1n) is 8.43. The minimum Gasteiger partial charge on any atom is -0.467 e. The molecule has 2 fully saturated rings. The Bertz CT molecular complexity index is 351. The molecule has 0 radical (unpaired) electrons. The molecule has 3 atom stereocenters. The Kier molecular flexibility index (Phi) is 6.59. The van der Waals surface area contributed by atoms with Crippen molar-refractivity contribution < 1.29 is 13.9 Å². The average molecular weight is 315 g/mol. The number of rotatable bonds is 6. The summed E-state index contributed by atoms with van der Waals surface area (Å²) in [5.41, 5.74) is 0. The molecular weight excluding hydrogens is 285 g/mol. The minimum atomic E-state index is -1.53. The van der Waals surface area contributed by atoms with Crippen molar-refractivity contribution in [2.45, 2.75) is 44.9 Å². The van der Waals surface area contributed by atoms with Gasteiger partial charge in [0.25, 0.3) is 0 Å². The number of piperazine rings is 1. The van der Waals surface area contributed by atoms with Crippen molar-refractivity contribution in [2.75, 3.05) is 52.9 Å². The van der Waals surface area contributed by atoms with Crippen LogP contribution in [0.15, 0.2) is 0 Å². The molecule has 5 nitrogen and oxygen atoms in total. The molecule has 0 aliphatic carbocycles. The number of carbonyl (C=O) groups is 1. The summed E-state index contributed by atoms with van der Waals surface area (Å²) in [7, 11) is 1.23. The standard InChI is InChI=1S/C16H30FN3O2/c1-13-4-5-14(2)20(13)11-10-18-6-8-19(9-7-18)12-15(17)16(21)22-3/h13-15H,4-12H2,1-3H3/t13-,14-,15-/m1/s1. The molecular formula is C16H30FN3O2. The number of alkyl halides is 1. The Hall–Kier alpha value is -0.720. The molecule has 0 aromatic carbocycles. The number of nitrogens with zero attached hydrogens (tertiary/aromatic N) is 3. The second kappa shape index (κ2) is 8.22. The molecule has 2 saturated heterocycles. The Balaban J connectivity index is 1.66. The number of likely N-dealkylation sites (tertiary alicyclic amines) is 1. The van der Waals surface area contributed by atoms with E-state index in [9.17, 15) is 9.18 Å². The topological polar surface area (TPSA) is 36.0 Å². The highest BCUT2D eigenvalue weighted by Crippen LogP contribution is 2.22. The second-order valence-corrected chi connectivity index (χ2v) is 6.65. The van der Waals surface area contributed by atoms with Gasteiger partial charge in [-0.25, -0.2) is 9.18 Å². The van der Waals surface area contributed by atoms with Crippen molar-refractivity contribution in [3.63, 3.8) is 0 Å². The van der Waals surface area contributed by atoms with Crippen LogP contribution < -0.4 is 0 Å². The summed E-state index contributed by atoms with van der Waals surface area (Å²) >= 11 is 0. The van der Waals surface area contributed by atoms with Gasteiger partial charge in [-0.2, -0.15) is 0 Å². The van der Waals surface area contributed by atoms with Gasteiger partial charge in [0.15, 0.2) is 0 Å². The maximum atomic E-state index is 13.6. The van der Waals surface area contributed by atoms with Crippen LogP contribution in [0, 0.1) is 0 Å². The van der Waals surface area contributed by atoms with Crippen LogP contribution in [0.25, 0.3) is 0 Å². The highest BCUT2D eigenvalue weighted by Gasteiger charge is 2.28. The SMILES string of the molecule is COC(=O)[C@H](F)CN1CCN(CCN2[C@H](C)CC[C@H]2C)CC1. The van der Waals surface area contributed by atoms with Crippen LogP contribution in [-0.2, 0) is 9.53 Å². The first-order valence-corrected chi connectivity index (χ1v) is 8.43. The summed E-state index contributed by atoms with van der Waals surface area (Å²) < 4.78 is 18.0. The van der Waals surface area contributed by atoms with Crippen LogP contribution in [0.5, 0.6) is 0 Å². The van der Waals surface area contributed by atoms with Crippen LogP contribution in [0.2, 0.25) is 0 Å². The zero-order chi connectivity index (χ0) is 16.1. The molecule has 2 heterocycles. The fourth-order valence-corrected chi connectivity index (χ4v) is 3.57. The number of hydrogen-bond donors (Lipinski definition) is 0. The molecule has 128 valence electrons. The lowest BCUT2D eigenvalue weighted by Gasteiger charge is -2.36. The maximum Gasteiger partial charge on any atom is 0.341 e.